The summed E-state index contributed by atoms with van der Waals surface area (Å²) in [6, 6.07) is 10.2. The highest BCUT2D eigenvalue weighted by atomic mass is 35.5. The third-order valence-corrected chi connectivity index (χ3v) is 4.79. The molecule has 0 saturated heterocycles. The predicted molar refractivity (Wildman–Crippen MR) is 79.9 cm³/mol. The van der Waals surface area contributed by atoms with Crippen molar-refractivity contribution >= 4 is 40.2 Å². The molecule has 94 valence electrons. The summed E-state index contributed by atoms with van der Waals surface area (Å²) < 4.78 is 0. The summed E-state index contributed by atoms with van der Waals surface area (Å²) in [5.41, 5.74) is 0.853. The van der Waals surface area contributed by atoms with E-state index < -0.39 is 0 Å². The van der Waals surface area contributed by atoms with Crippen LogP contribution in [0.4, 0.5) is 5.69 Å². The van der Waals surface area contributed by atoms with Crippen LogP contribution < -0.4 is 5.32 Å². The third-order valence-electron chi connectivity index (χ3n) is 3.21. The summed E-state index contributed by atoms with van der Waals surface area (Å²) >= 11 is 14.2. The van der Waals surface area contributed by atoms with E-state index in [-0.39, 0.29) is 0 Å². The molecule has 1 heterocycles. The Balaban J connectivity index is 1.89. The molecule has 1 aliphatic rings. The molecule has 1 saturated carbocycles. The van der Waals surface area contributed by atoms with Gasteiger partial charge in [0.1, 0.15) is 0 Å². The van der Waals surface area contributed by atoms with E-state index in [0.29, 0.717) is 22.0 Å². The van der Waals surface area contributed by atoms with Crippen molar-refractivity contribution in [3.8, 4) is 0 Å². The van der Waals surface area contributed by atoms with E-state index in [4.69, 9.17) is 23.2 Å². The normalized spacial score (nSPS) is 16.6. The lowest BCUT2D eigenvalue weighted by Crippen LogP contribution is -2.12. The molecule has 0 spiro atoms. The van der Waals surface area contributed by atoms with Crippen molar-refractivity contribution in [3.63, 3.8) is 0 Å². The van der Waals surface area contributed by atoms with Crippen molar-refractivity contribution in [2.75, 3.05) is 5.32 Å². The number of rotatable bonds is 4. The maximum Gasteiger partial charge on any atom is 0.0724 e. The van der Waals surface area contributed by atoms with Crippen molar-refractivity contribution in [2.45, 2.75) is 18.9 Å². The summed E-state index contributed by atoms with van der Waals surface area (Å²) in [4.78, 5) is 1.36. The van der Waals surface area contributed by atoms with Gasteiger partial charge in [0, 0.05) is 4.88 Å². The average molecular weight is 298 g/mol. The highest BCUT2D eigenvalue weighted by molar-refractivity contribution is 7.10. The average Bonchev–Trinajstić information content (AvgIpc) is 3.04. The van der Waals surface area contributed by atoms with Crippen LogP contribution >= 0.6 is 34.5 Å². The smallest absolute Gasteiger partial charge is 0.0724 e. The first-order valence-corrected chi connectivity index (χ1v) is 7.63. The lowest BCUT2D eigenvalue weighted by molar-refractivity contribution is 0.691. The number of nitrogens with one attached hydrogen (secondary N) is 1. The molecular formula is C14H13Cl2NS. The molecule has 1 N–H and O–H groups in total. The van der Waals surface area contributed by atoms with Crippen LogP contribution in [0.5, 0.6) is 0 Å². The molecule has 18 heavy (non-hydrogen) atoms. The SMILES string of the molecule is Clc1cccc(Cl)c1NC(c1cccs1)C1CC1. The van der Waals surface area contributed by atoms with Crippen molar-refractivity contribution in [3.05, 3.63) is 50.6 Å². The fourth-order valence-electron chi connectivity index (χ4n) is 2.11. The van der Waals surface area contributed by atoms with Crippen molar-refractivity contribution < 1.29 is 0 Å². The first kappa shape index (κ1) is 12.3. The third kappa shape index (κ3) is 2.51. The Morgan fingerprint density at radius 3 is 2.39 bits per heavy atom. The van der Waals surface area contributed by atoms with E-state index in [2.05, 4.69) is 22.8 Å². The number of halogens is 2. The van der Waals surface area contributed by atoms with Gasteiger partial charge in [-0.15, -0.1) is 11.3 Å². The number of para-hydroxylation sites is 1. The summed E-state index contributed by atoms with van der Waals surface area (Å²) in [7, 11) is 0. The largest absolute Gasteiger partial charge is 0.375 e. The van der Waals surface area contributed by atoms with E-state index >= 15 is 0 Å². The van der Waals surface area contributed by atoms with Gasteiger partial charge in [-0.25, -0.2) is 0 Å². The van der Waals surface area contributed by atoms with Gasteiger partial charge < -0.3 is 5.32 Å². The highest BCUT2D eigenvalue weighted by Gasteiger charge is 2.33. The zero-order valence-electron chi connectivity index (χ0n) is 9.70. The second-order valence-electron chi connectivity index (χ2n) is 4.57. The van der Waals surface area contributed by atoms with Gasteiger partial charge in [-0.3, -0.25) is 0 Å². The zero-order chi connectivity index (χ0) is 12.5. The number of anilines is 1. The molecule has 2 aromatic rings. The Labute approximate surface area is 121 Å². The summed E-state index contributed by atoms with van der Waals surface area (Å²) in [5, 5.41) is 7.01. The quantitative estimate of drug-likeness (QED) is 0.772. The predicted octanol–water partition coefficient (Wildman–Crippen LogP) is 5.62. The molecule has 1 unspecified atom stereocenters. The molecule has 1 atom stereocenters. The molecule has 4 heteroatoms. The Kier molecular flexibility index (Phi) is 3.51. The van der Waals surface area contributed by atoms with Gasteiger partial charge >= 0.3 is 0 Å². The Morgan fingerprint density at radius 2 is 1.83 bits per heavy atom. The first-order chi connectivity index (χ1) is 8.75. The fourth-order valence-corrected chi connectivity index (χ4v) is 3.49. The second kappa shape index (κ2) is 5.12. The maximum absolute atomic E-state index is 6.22. The van der Waals surface area contributed by atoms with Crippen LogP contribution in [0.15, 0.2) is 35.7 Å². The molecule has 0 aliphatic heterocycles. The molecule has 0 amide bonds. The van der Waals surface area contributed by atoms with Gasteiger partial charge in [0.25, 0.3) is 0 Å². The monoisotopic (exact) mass is 297 g/mol. The number of hydrogen-bond donors (Lipinski definition) is 1. The van der Waals surface area contributed by atoms with Crippen LogP contribution in [0.25, 0.3) is 0 Å². The van der Waals surface area contributed by atoms with Crippen molar-refractivity contribution in [2.24, 2.45) is 5.92 Å². The van der Waals surface area contributed by atoms with Gasteiger partial charge in [-0.2, -0.15) is 0 Å². The lowest BCUT2D eigenvalue weighted by Gasteiger charge is -2.20. The van der Waals surface area contributed by atoms with Gasteiger partial charge in [-0.1, -0.05) is 35.3 Å². The Bertz CT molecular complexity index is 514. The van der Waals surface area contributed by atoms with Gasteiger partial charge in [0.15, 0.2) is 0 Å². The van der Waals surface area contributed by atoms with E-state index in [1.807, 2.05) is 18.2 Å². The highest BCUT2D eigenvalue weighted by Crippen LogP contribution is 2.45. The van der Waals surface area contributed by atoms with E-state index in [1.165, 1.54) is 17.7 Å². The number of hydrogen-bond acceptors (Lipinski definition) is 2. The van der Waals surface area contributed by atoms with Crippen LogP contribution in [-0.2, 0) is 0 Å². The fraction of sp³-hybridized carbons (Fsp3) is 0.286. The van der Waals surface area contributed by atoms with E-state index in [9.17, 15) is 0 Å². The molecule has 1 fully saturated rings. The van der Waals surface area contributed by atoms with Crippen molar-refractivity contribution in [1.82, 2.24) is 0 Å². The van der Waals surface area contributed by atoms with Crippen LogP contribution in [0.3, 0.4) is 0 Å². The lowest BCUT2D eigenvalue weighted by atomic mass is 10.1. The molecule has 1 nitrogen and oxygen atoms in total. The maximum atomic E-state index is 6.22. The van der Waals surface area contributed by atoms with Crippen LogP contribution in [0, 0.1) is 5.92 Å². The Hall–Kier alpha value is -0.700. The summed E-state index contributed by atoms with van der Waals surface area (Å²) in [6.07, 6.45) is 2.55. The summed E-state index contributed by atoms with van der Waals surface area (Å²) in [6.45, 7) is 0. The topological polar surface area (TPSA) is 12.0 Å². The molecule has 0 bridgehead atoms. The minimum absolute atomic E-state index is 0.336. The second-order valence-corrected chi connectivity index (χ2v) is 6.37. The molecule has 1 aliphatic carbocycles. The standard InChI is InChI=1S/C14H13Cl2NS/c15-10-3-1-4-11(16)14(10)17-13(9-6-7-9)12-5-2-8-18-12/h1-5,8-9,13,17H,6-7H2. The molecule has 3 rings (SSSR count). The minimum Gasteiger partial charge on any atom is -0.375 e. The Morgan fingerprint density at radius 1 is 1.11 bits per heavy atom. The molecular weight excluding hydrogens is 285 g/mol. The van der Waals surface area contributed by atoms with Gasteiger partial charge in [-0.05, 0) is 42.3 Å². The zero-order valence-corrected chi connectivity index (χ0v) is 12.0. The number of benzene rings is 1. The molecule has 1 aromatic heterocycles. The molecule has 0 radical (unpaired) electrons. The van der Waals surface area contributed by atoms with Crippen LogP contribution in [0.2, 0.25) is 10.0 Å². The minimum atomic E-state index is 0.336. The van der Waals surface area contributed by atoms with Gasteiger partial charge in [0.05, 0.1) is 21.8 Å². The van der Waals surface area contributed by atoms with E-state index in [0.717, 1.165) is 5.69 Å². The van der Waals surface area contributed by atoms with E-state index in [1.54, 1.807) is 11.3 Å². The van der Waals surface area contributed by atoms with Crippen molar-refractivity contribution in [1.29, 1.82) is 0 Å². The van der Waals surface area contributed by atoms with Gasteiger partial charge in [0.2, 0.25) is 0 Å². The molecule has 1 aromatic carbocycles. The summed E-state index contributed by atoms with van der Waals surface area (Å²) in [5.74, 6) is 0.705. The van der Waals surface area contributed by atoms with Crippen LogP contribution in [-0.4, -0.2) is 0 Å². The number of thiophene rings is 1. The first-order valence-electron chi connectivity index (χ1n) is 5.99. The van der Waals surface area contributed by atoms with Crippen LogP contribution in [0.1, 0.15) is 23.8 Å².